The van der Waals surface area contributed by atoms with E-state index in [1.54, 1.807) is 0 Å². The summed E-state index contributed by atoms with van der Waals surface area (Å²) in [5.74, 6) is 0.0876. The zero-order valence-corrected chi connectivity index (χ0v) is 17.4. The minimum atomic E-state index is -3.11. The van der Waals surface area contributed by atoms with E-state index in [1.165, 1.54) is 13.1 Å². The fraction of sp³-hybridized carbons (Fsp3) is 0. The van der Waals surface area contributed by atoms with E-state index in [2.05, 4.69) is 72.8 Å². The molecule has 0 heterocycles. The van der Waals surface area contributed by atoms with Crippen molar-refractivity contribution in [2.24, 2.45) is 0 Å². The molecule has 0 saturated heterocycles. The van der Waals surface area contributed by atoms with Crippen molar-refractivity contribution >= 4 is 32.4 Å². The zero-order chi connectivity index (χ0) is 19.2. The van der Waals surface area contributed by atoms with Crippen LogP contribution in [0.1, 0.15) is 5.56 Å². The number of hydrogen-bond acceptors (Lipinski definition) is 1. The van der Waals surface area contributed by atoms with E-state index in [0.29, 0.717) is 0 Å². The van der Waals surface area contributed by atoms with Crippen LogP contribution in [0.4, 0.5) is 0 Å². The van der Waals surface area contributed by atoms with Crippen LogP contribution in [0.25, 0.3) is 5.76 Å². The summed E-state index contributed by atoms with van der Waals surface area (Å²) < 4.78 is 3.71. The molecule has 0 aromatic heterocycles. The van der Waals surface area contributed by atoms with Crippen molar-refractivity contribution < 1.29 is 5.11 Å². The molecular formula is C26H21AsO. The van der Waals surface area contributed by atoms with Gasteiger partial charge in [0.25, 0.3) is 0 Å². The Bertz CT molecular complexity index is 946. The van der Waals surface area contributed by atoms with E-state index < -0.39 is 13.6 Å². The van der Waals surface area contributed by atoms with Crippen LogP contribution in [0, 0.1) is 0 Å². The standard InChI is InChI=1S/C26H21AsO/c28-26(22-13-5-1-6-14-22)21-27(23-15-7-2-8-16-23,24-17-9-3-10-18-24)25-19-11-4-12-20-25/h1-21H/b26-21-. The molecule has 0 spiro atoms. The Kier molecular flexibility index (Phi) is 5.46. The fourth-order valence-corrected chi connectivity index (χ4v) is 11.4. The molecule has 4 aromatic rings. The summed E-state index contributed by atoms with van der Waals surface area (Å²) in [5.41, 5.74) is 0.732. The van der Waals surface area contributed by atoms with Gasteiger partial charge < -0.3 is 0 Å². The third kappa shape index (κ3) is 3.54. The Hall–Kier alpha value is -3.02. The van der Waals surface area contributed by atoms with Crippen LogP contribution in [0.15, 0.2) is 126 Å². The number of benzene rings is 4. The molecule has 0 fully saturated rings. The Labute approximate surface area is 169 Å². The van der Waals surface area contributed by atoms with Gasteiger partial charge in [-0.25, -0.2) is 0 Å². The third-order valence-corrected chi connectivity index (χ3v) is 13.2. The van der Waals surface area contributed by atoms with Gasteiger partial charge in [0.2, 0.25) is 0 Å². The van der Waals surface area contributed by atoms with E-state index in [9.17, 15) is 5.11 Å². The van der Waals surface area contributed by atoms with E-state index in [1.807, 2.05) is 53.4 Å². The van der Waals surface area contributed by atoms with Gasteiger partial charge in [0.15, 0.2) is 0 Å². The van der Waals surface area contributed by atoms with Gasteiger partial charge in [-0.2, -0.15) is 0 Å². The van der Waals surface area contributed by atoms with Crippen LogP contribution in [-0.4, -0.2) is 13.6 Å². The number of hydrogen-bond donors (Lipinski definition) is 0. The summed E-state index contributed by atoms with van der Waals surface area (Å²) in [6, 6.07) is 41.1. The second-order valence-corrected chi connectivity index (χ2v) is 13.4. The van der Waals surface area contributed by atoms with Crippen molar-refractivity contribution in [1.29, 1.82) is 0 Å². The summed E-state index contributed by atoms with van der Waals surface area (Å²) in [5, 5.41) is 13.4. The van der Waals surface area contributed by atoms with Gasteiger partial charge in [-0.15, -0.1) is 0 Å². The second kappa shape index (κ2) is 8.33. The normalized spacial score (nSPS) is 11.9. The van der Waals surface area contributed by atoms with E-state index in [4.69, 9.17) is 0 Å². The minimum absolute atomic E-state index is 0.0876. The molecule has 4 rings (SSSR count). The maximum absolute atomic E-state index is 13.4. The molecule has 28 heavy (non-hydrogen) atoms. The predicted molar refractivity (Wildman–Crippen MR) is 118 cm³/mol. The molecule has 0 unspecified atom stereocenters. The molecule has 0 atom stereocenters. The van der Waals surface area contributed by atoms with Gasteiger partial charge in [0.1, 0.15) is 0 Å². The summed E-state index contributed by atoms with van der Waals surface area (Å²) in [4.78, 5) is 2.04. The van der Waals surface area contributed by atoms with Gasteiger partial charge in [0, 0.05) is 0 Å². The molecule has 4 aromatic carbocycles. The van der Waals surface area contributed by atoms with Crippen LogP contribution in [-0.2, 0) is 0 Å². The Morgan fingerprint density at radius 3 is 1.18 bits per heavy atom. The van der Waals surface area contributed by atoms with Crippen molar-refractivity contribution in [1.82, 2.24) is 0 Å². The molecule has 0 saturated carbocycles. The molecular weight excluding hydrogens is 403 g/mol. The molecule has 0 bridgehead atoms. The summed E-state index contributed by atoms with van der Waals surface area (Å²) in [6.07, 6.45) is 0. The van der Waals surface area contributed by atoms with E-state index >= 15 is 0 Å². The molecule has 0 radical (unpaired) electrons. The second-order valence-electron chi connectivity index (χ2n) is 6.59. The maximum atomic E-state index is 13.4. The molecule has 0 amide bonds. The van der Waals surface area contributed by atoms with Crippen molar-refractivity contribution in [3.63, 3.8) is 0 Å². The monoisotopic (exact) mass is 424 g/mol. The van der Waals surface area contributed by atoms with Gasteiger partial charge in [0.05, 0.1) is 0 Å². The fourth-order valence-electron chi connectivity index (χ4n) is 3.51. The zero-order valence-electron chi connectivity index (χ0n) is 15.5. The predicted octanol–water partition coefficient (Wildman–Crippen LogP) is 3.10. The van der Waals surface area contributed by atoms with Gasteiger partial charge in [-0.3, -0.25) is 0 Å². The summed E-state index contributed by atoms with van der Waals surface area (Å²) >= 11 is -3.11. The average Bonchev–Trinajstić information content (AvgIpc) is 2.80. The van der Waals surface area contributed by atoms with Crippen LogP contribution < -0.4 is 18.2 Å². The molecule has 0 aliphatic carbocycles. The first-order valence-corrected chi connectivity index (χ1v) is 13.2. The molecule has 1 nitrogen and oxygen atoms in total. The van der Waals surface area contributed by atoms with Crippen molar-refractivity contribution in [3.8, 4) is 0 Å². The van der Waals surface area contributed by atoms with Gasteiger partial charge in [-0.1, -0.05) is 0 Å². The van der Waals surface area contributed by atoms with Crippen molar-refractivity contribution in [2.75, 3.05) is 0 Å². The Morgan fingerprint density at radius 1 is 0.500 bits per heavy atom. The molecule has 2 heteroatoms. The molecule has 0 aliphatic rings. The number of rotatable bonds is 5. The SMILES string of the molecule is [O-]/C(=C\[As+](c1ccccc1)(c1ccccc1)c1ccccc1)c1ccccc1. The molecule has 0 N–H and O–H groups in total. The van der Waals surface area contributed by atoms with Crippen molar-refractivity contribution in [3.05, 3.63) is 132 Å². The quantitative estimate of drug-likeness (QED) is 0.357. The average molecular weight is 424 g/mol. The Balaban J connectivity index is 2.04. The van der Waals surface area contributed by atoms with Gasteiger partial charge >= 0.3 is 169 Å². The summed E-state index contributed by atoms with van der Waals surface area (Å²) in [6.45, 7) is 0. The van der Waals surface area contributed by atoms with Crippen LogP contribution in [0.2, 0.25) is 0 Å². The first kappa shape index (κ1) is 18.3. The first-order chi connectivity index (χ1) is 13.8. The van der Waals surface area contributed by atoms with Crippen molar-refractivity contribution in [2.45, 2.75) is 0 Å². The topological polar surface area (TPSA) is 23.1 Å². The third-order valence-electron chi connectivity index (χ3n) is 4.86. The Morgan fingerprint density at radius 2 is 0.821 bits per heavy atom. The van der Waals surface area contributed by atoms with Crippen LogP contribution in [0.5, 0.6) is 0 Å². The molecule has 136 valence electrons. The van der Waals surface area contributed by atoms with Gasteiger partial charge in [-0.05, 0) is 0 Å². The van der Waals surface area contributed by atoms with Crippen LogP contribution in [0.3, 0.4) is 0 Å². The van der Waals surface area contributed by atoms with Crippen LogP contribution >= 0.6 is 0 Å². The first-order valence-electron chi connectivity index (χ1n) is 9.31. The van der Waals surface area contributed by atoms with E-state index in [0.717, 1.165) is 5.56 Å². The molecule has 0 aliphatic heterocycles. The summed E-state index contributed by atoms with van der Waals surface area (Å²) in [7, 11) is 0. The van der Waals surface area contributed by atoms with E-state index in [-0.39, 0.29) is 5.76 Å².